The summed E-state index contributed by atoms with van der Waals surface area (Å²) < 4.78 is 11.1. The number of nitrogens with zero attached hydrogens (tertiary/aromatic N) is 2. The fourth-order valence-corrected chi connectivity index (χ4v) is 3.86. The molecule has 1 aromatic rings. The third-order valence-corrected chi connectivity index (χ3v) is 5.24. The largest absolute Gasteiger partial charge is 0.486 e. The van der Waals surface area contributed by atoms with E-state index in [1.165, 1.54) is 19.3 Å². The molecule has 0 spiro atoms. The number of fused-ring (bicyclic) bond motifs is 1. The second-order valence-corrected chi connectivity index (χ2v) is 7.09. The Bertz CT molecular complexity index is 687. The molecule has 3 aliphatic rings. The molecular weight excluding hydrogens is 334 g/mol. The van der Waals surface area contributed by atoms with Gasteiger partial charge in [0.15, 0.2) is 11.5 Å². The van der Waals surface area contributed by atoms with Crippen LogP contribution in [0.2, 0.25) is 0 Å². The highest BCUT2D eigenvalue weighted by Gasteiger charge is 2.32. The third-order valence-electron chi connectivity index (χ3n) is 5.24. The Morgan fingerprint density at radius 3 is 2.65 bits per heavy atom. The van der Waals surface area contributed by atoms with Crippen molar-refractivity contribution in [3.63, 3.8) is 0 Å². The predicted molar refractivity (Wildman–Crippen MR) is 96.8 cm³/mol. The minimum Gasteiger partial charge on any atom is -0.486 e. The van der Waals surface area contributed by atoms with Crippen LogP contribution in [-0.2, 0) is 4.79 Å². The zero-order chi connectivity index (χ0) is 17.9. The van der Waals surface area contributed by atoms with E-state index in [9.17, 15) is 9.59 Å². The van der Waals surface area contributed by atoms with Gasteiger partial charge in [-0.15, -0.1) is 0 Å². The summed E-state index contributed by atoms with van der Waals surface area (Å²) in [5.41, 5.74) is 0.773. The lowest BCUT2D eigenvalue weighted by atomic mass is 9.95. The number of hydrogen-bond donors (Lipinski definition) is 1. The average Bonchev–Trinajstić information content (AvgIpc) is 3.02. The molecule has 1 saturated carbocycles. The number of rotatable bonds is 4. The molecule has 0 atom stereocenters. The topological polar surface area (TPSA) is 71.1 Å². The summed E-state index contributed by atoms with van der Waals surface area (Å²) in [7, 11) is 0. The van der Waals surface area contributed by atoms with Gasteiger partial charge in [-0.25, -0.2) is 4.79 Å². The first kappa shape index (κ1) is 17.0. The normalized spacial score (nSPS) is 20.4. The van der Waals surface area contributed by atoms with E-state index in [0.29, 0.717) is 37.8 Å². The van der Waals surface area contributed by atoms with Crippen molar-refractivity contribution in [2.45, 2.75) is 38.1 Å². The van der Waals surface area contributed by atoms with E-state index in [1.807, 2.05) is 18.2 Å². The first-order chi connectivity index (χ1) is 12.7. The van der Waals surface area contributed by atoms with E-state index < -0.39 is 0 Å². The molecule has 7 heteroatoms. The van der Waals surface area contributed by atoms with Gasteiger partial charge < -0.3 is 19.7 Å². The van der Waals surface area contributed by atoms with Gasteiger partial charge in [-0.2, -0.15) is 0 Å². The quantitative estimate of drug-likeness (QED) is 0.894. The summed E-state index contributed by atoms with van der Waals surface area (Å²) in [4.78, 5) is 28.3. The lowest BCUT2D eigenvalue weighted by molar-refractivity contribution is -0.122. The van der Waals surface area contributed by atoms with E-state index >= 15 is 0 Å². The highest BCUT2D eigenvalue weighted by molar-refractivity contribution is 5.96. The van der Waals surface area contributed by atoms with Crippen LogP contribution in [0, 0.1) is 0 Å². The Hall–Kier alpha value is -2.44. The van der Waals surface area contributed by atoms with Crippen molar-refractivity contribution in [2.75, 3.05) is 37.7 Å². The lowest BCUT2D eigenvalue weighted by Gasteiger charge is -2.24. The monoisotopic (exact) mass is 359 g/mol. The highest BCUT2D eigenvalue weighted by atomic mass is 16.6. The van der Waals surface area contributed by atoms with Gasteiger partial charge in [0.1, 0.15) is 19.8 Å². The van der Waals surface area contributed by atoms with Crippen molar-refractivity contribution < 1.29 is 19.1 Å². The number of urea groups is 1. The molecule has 26 heavy (non-hydrogen) atoms. The van der Waals surface area contributed by atoms with Gasteiger partial charge in [0, 0.05) is 30.9 Å². The Morgan fingerprint density at radius 1 is 1.08 bits per heavy atom. The summed E-state index contributed by atoms with van der Waals surface area (Å²) in [5.74, 6) is 1.31. The van der Waals surface area contributed by atoms with Crippen LogP contribution in [0.25, 0.3) is 0 Å². The van der Waals surface area contributed by atoms with Gasteiger partial charge in [-0.3, -0.25) is 9.69 Å². The standard InChI is InChI=1S/C19H25N3O4/c23-18(20-14-4-2-1-3-5-14)13-21-8-9-22(19(21)24)15-6-7-16-17(12-15)26-11-10-25-16/h6-7,12,14H,1-5,8-11,13H2,(H,20,23). The van der Waals surface area contributed by atoms with Crippen molar-refractivity contribution in [1.82, 2.24) is 10.2 Å². The average molecular weight is 359 g/mol. The number of ether oxygens (including phenoxy) is 2. The van der Waals surface area contributed by atoms with Crippen LogP contribution in [0.3, 0.4) is 0 Å². The van der Waals surface area contributed by atoms with Crippen molar-refractivity contribution >= 4 is 17.6 Å². The molecule has 1 aliphatic carbocycles. The maximum absolute atomic E-state index is 12.7. The number of hydrogen-bond acceptors (Lipinski definition) is 4. The summed E-state index contributed by atoms with van der Waals surface area (Å²) in [6.07, 6.45) is 5.68. The van der Waals surface area contributed by atoms with E-state index in [-0.39, 0.29) is 24.5 Å². The summed E-state index contributed by atoms with van der Waals surface area (Å²) in [6.45, 7) is 2.29. The fourth-order valence-electron chi connectivity index (χ4n) is 3.86. The molecule has 0 unspecified atom stereocenters. The molecule has 0 radical (unpaired) electrons. The van der Waals surface area contributed by atoms with Crippen molar-refractivity contribution in [2.24, 2.45) is 0 Å². The van der Waals surface area contributed by atoms with E-state index in [1.54, 1.807) is 9.80 Å². The summed E-state index contributed by atoms with van der Waals surface area (Å²) >= 11 is 0. The molecule has 0 bridgehead atoms. The Kier molecular flexibility index (Phi) is 4.86. The Balaban J connectivity index is 1.36. The summed E-state index contributed by atoms with van der Waals surface area (Å²) in [5, 5.41) is 3.07. The van der Waals surface area contributed by atoms with Gasteiger partial charge in [0.2, 0.25) is 5.91 Å². The van der Waals surface area contributed by atoms with Crippen LogP contribution >= 0.6 is 0 Å². The molecule has 7 nitrogen and oxygen atoms in total. The number of nitrogens with one attached hydrogen (secondary N) is 1. The van der Waals surface area contributed by atoms with Gasteiger partial charge >= 0.3 is 6.03 Å². The second-order valence-electron chi connectivity index (χ2n) is 7.09. The van der Waals surface area contributed by atoms with Crippen LogP contribution in [-0.4, -0.2) is 55.7 Å². The molecule has 0 aromatic heterocycles. The SMILES string of the molecule is O=C(CN1CCN(c2ccc3c(c2)OCCO3)C1=O)NC1CCCCC1. The van der Waals surface area contributed by atoms with Crippen molar-refractivity contribution in [3.8, 4) is 11.5 Å². The number of amides is 3. The van der Waals surface area contributed by atoms with Gasteiger partial charge in [0.25, 0.3) is 0 Å². The molecule has 1 N–H and O–H groups in total. The zero-order valence-corrected chi connectivity index (χ0v) is 14.9. The van der Waals surface area contributed by atoms with Gasteiger partial charge in [-0.05, 0) is 25.0 Å². The number of benzene rings is 1. The maximum atomic E-state index is 12.7. The highest BCUT2D eigenvalue weighted by Crippen LogP contribution is 2.35. The van der Waals surface area contributed by atoms with Crippen LogP contribution in [0.1, 0.15) is 32.1 Å². The molecule has 140 valence electrons. The lowest BCUT2D eigenvalue weighted by Crippen LogP contribution is -2.44. The predicted octanol–water partition coefficient (Wildman–Crippen LogP) is 2.15. The number of carbonyl (C=O) groups excluding carboxylic acids is 2. The number of anilines is 1. The van der Waals surface area contributed by atoms with E-state index in [4.69, 9.17) is 9.47 Å². The van der Waals surface area contributed by atoms with Crippen molar-refractivity contribution in [1.29, 1.82) is 0 Å². The summed E-state index contributed by atoms with van der Waals surface area (Å²) in [6, 6.07) is 5.65. The first-order valence-electron chi connectivity index (χ1n) is 9.46. The van der Waals surface area contributed by atoms with Crippen LogP contribution in [0.4, 0.5) is 10.5 Å². The molecular formula is C19H25N3O4. The smallest absolute Gasteiger partial charge is 0.325 e. The van der Waals surface area contributed by atoms with E-state index in [0.717, 1.165) is 18.5 Å². The van der Waals surface area contributed by atoms with Gasteiger partial charge in [-0.1, -0.05) is 19.3 Å². The first-order valence-corrected chi connectivity index (χ1v) is 9.46. The molecule has 1 saturated heterocycles. The van der Waals surface area contributed by atoms with Crippen molar-refractivity contribution in [3.05, 3.63) is 18.2 Å². The van der Waals surface area contributed by atoms with E-state index in [2.05, 4.69) is 5.32 Å². The number of carbonyl (C=O) groups is 2. The minimum atomic E-state index is -0.138. The molecule has 1 aromatic carbocycles. The molecule has 2 heterocycles. The maximum Gasteiger partial charge on any atom is 0.325 e. The molecule has 2 fully saturated rings. The third kappa shape index (κ3) is 3.57. The zero-order valence-electron chi connectivity index (χ0n) is 14.9. The van der Waals surface area contributed by atoms with Gasteiger partial charge in [0.05, 0.1) is 0 Å². The molecule has 2 aliphatic heterocycles. The molecule has 3 amide bonds. The Morgan fingerprint density at radius 2 is 1.85 bits per heavy atom. The second kappa shape index (κ2) is 7.43. The Labute approximate surface area is 153 Å². The van der Waals surface area contributed by atoms with Crippen LogP contribution < -0.4 is 19.7 Å². The van der Waals surface area contributed by atoms with Crippen LogP contribution in [0.5, 0.6) is 11.5 Å². The fraction of sp³-hybridized carbons (Fsp3) is 0.579. The molecule has 4 rings (SSSR count). The van der Waals surface area contributed by atoms with Crippen LogP contribution in [0.15, 0.2) is 18.2 Å². The minimum absolute atomic E-state index is 0.0609.